The van der Waals surface area contributed by atoms with Crippen LogP contribution in [0.25, 0.3) is 0 Å². The zero-order valence-corrected chi connectivity index (χ0v) is 14.6. The molecule has 148 valence electrons. The number of rotatable bonds is 6. The van der Waals surface area contributed by atoms with Crippen molar-refractivity contribution in [3.8, 4) is 0 Å². The number of alkyl halides is 6. The van der Waals surface area contributed by atoms with Gasteiger partial charge in [0.2, 0.25) is 0 Å². The van der Waals surface area contributed by atoms with Crippen LogP contribution in [0, 0.1) is 5.92 Å². The highest BCUT2D eigenvalue weighted by molar-refractivity contribution is 8.09. The fourth-order valence-corrected chi connectivity index (χ4v) is 5.68. The van der Waals surface area contributed by atoms with Crippen molar-refractivity contribution in [2.45, 2.75) is 42.5 Å². The third-order valence-corrected chi connectivity index (χ3v) is 7.96. The van der Waals surface area contributed by atoms with Crippen molar-refractivity contribution in [3.05, 3.63) is 12.2 Å². The average Bonchev–Trinajstić information content (AvgIpc) is 2.34. The molecule has 0 saturated heterocycles. The minimum atomic E-state index is -6.80. The molecular weight excluding hydrogens is 406 g/mol. The van der Waals surface area contributed by atoms with Gasteiger partial charge in [-0.05, 0) is 13.8 Å². The molecule has 0 aliphatic carbocycles. The Hall–Kier alpha value is -1.31. The van der Waals surface area contributed by atoms with Gasteiger partial charge >= 0.3 is 17.0 Å². The summed E-state index contributed by atoms with van der Waals surface area (Å²) in [6.07, 6.45) is -1.91. The Labute approximate surface area is 139 Å². The Morgan fingerprint density at radius 2 is 1.24 bits per heavy atom. The largest absolute Gasteiger partial charge is 0.498 e. The Morgan fingerprint density at radius 3 is 1.48 bits per heavy atom. The highest BCUT2D eigenvalue weighted by Gasteiger charge is 2.65. The minimum absolute atomic E-state index is 0.284. The number of hydrogen-bond donors (Lipinski definition) is 0. The zero-order chi connectivity index (χ0) is 20.6. The second-order valence-corrected chi connectivity index (χ2v) is 9.52. The second kappa shape index (κ2) is 7.13. The van der Waals surface area contributed by atoms with E-state index in [0.29, 0.717) is 6.92 Å². The van der Waals surface area contributed by atoms with Crippen LogP contribution >= 0.6 is 0 Å². The molecular formula is C11H14F6O6S2. The normalized spacial score (nSPS) is 16.4. The molecule has 0 N–H and O–H groups in total. The lowest BCUT2D eigenvalue weighted by atomic mass is 10.1. The molecule has 25 heavy (non-hydrogen) atoms. The summed E-state index contributed by atoms with van der Waals surface area (Å²) < 4.78 is 122. The maximum atomic E-state index is 12.7. The Bertz CT molecular complexity index is 690. The molecule has 2 atom stereocenters. The van der Waals surface area contributed by atoms with Gasteiger partial charge in [-0.3, -0.25) is 0 Å². The maximum Gasteiger partial charge on any atom is 0.498 e. The van der Waals surface area contributed by atoms with Gasteiger partial charge in [-0.15, -0.1) is 0 Å². The van der Waals surface area contributed by atoms with Crippen molar-refractivity contribution in [3.63, 3.8) is 0 Å². The van der Waals surface area contributed by atoms with Crippen LogP contribution in [-0.2, 0) is 29.2 Å². The molecule has 0 aromatic rings. The van der Waals surface area contributed by atoms with Gasteiger partial charge in [0.25, 0.3) is 19.7 Å². The van der Waals surface area contributed by atoms with Gasteiger partial charge in [0.15, 0.2) is 4.58 Å². The van der Waals surface area contributed by atoms with Gasteiger partial charge in [0.05, 0.1) is 0 Å². The Kier molecular flexibility index (Phi) is 6.76. The van der Waals surface area contributed by atoms with Crippen molar-refractivity contribution >= 4 is 25.6 Å². The average molecular weight is 420 g/mol. The summed E-state index contributed by atoms with van der Waals surface area (Å²) in [5, 5.41) is 0. The summed E-state index contributed by atoms with van der Waals surface area (Å²) in [6, 6.07) is 0. The van der Waals surface area contributed by atoms with Crippen LogP contribution in [0.3, 0.4) is 0 Å². The topological polar surface area (TPSA) is 94.6 Å². The fourth-order valence-electron chi connectivity index (χ4n) is 1.59. The summed E-state index contributed by atoms with van der Waals surface area (Å²) in [7, 11) is -13.6. The Morgan fingerprint density at radius 1 is 0.920 bits per heavy atom. The predicted octanol–water partition coefficient (Wildman–Crippen LogP) is 2.33. The molecule has 0 amide bonds. The van der Waals surface area contributed by atoms with Gasteiger partial charge in [0, 0.05) is 11.5 Å². The van der Waals surface area contributed by atoms with E-state index in [1.54, 1.807) is 0 Å². The highest BCUT2D eigenvalue weighted by atomic mass is 32.3. The van der Waals surface area contributed by atoms with E-state index in [-0.39, 0.29) is 5.57 Å². The molecule has 0 saturated carbocycles. The van der Waals surface area contributed by atoms with E-state index >= 15 is 0 Å². The number of sulfone groups is 2. The smallest absolute Gasteiger partial charge is 0.459 e. The third-order valence-electron chi connectivity index (χ3n) is 3.07. The van der Waals surface area contributed by atoms with E-state index in [1.807, 2.05) is 0 Å². The molecule has 0 fully saturated rings. The molecule has 0 spiro atoms. The number of hydrogen-bond acceptors (Lipinski definition) is 6. The van der Waals surface area contributed by atoms with Crippen LogP contribution in [-0.4, -0.2) is 44.5 Å². The van der Waals surface area contributed by atoms with E-state index in [1.165, 1.54) is 0 Å². The van der Waals surface area contributed by atoms with Crippen LogP contribution in [0.15, 0.2) is 12.2 Å². The number of halogens is 6. The number of esters is 1. The standard InChI is InChI=1S/C11H14F6O6S2/c1-5(2)8(18)23-7(4)6(3)9(24(19,20)10(12,13)14)25(21,22)11(15,16)17/h6-7,9H,1H2,2-4H3. The van der Waals surface area contributed by atoms with Gasteiger partial charge in [-0.2, -0.15) is 26.3 Å². The summed E-state index contributed by atoms with van der Waals surface area (Å²) in [5.41, 5.74) is -12.8. The van der Waals surface area contributed by atoms with Crippen LogP contribution in [0.5, 0.6) is 0 Å². The molecule has 0 radical (unpaired) electrons. The lowest BCUT2D eigenvalue weighted by Crippen LogP contribution is -2.51. The minimum Gasteiger partial charge on any atom is -0.459 e. The maximum absolute atomic E-state index is 12.7. The van der Waals surface area contributed by atoms with Crippen LogP contribution < -0.4 is 0 Å². The predicted molar refractivity (Wildman–Crippen MR) is 73.3 cm³/mol. The van der Waals surface area contributed by atoms with Crippen LogP contribution in [0.2, 0.25) is 0 Å². The van der Waals surface area contributed by atoms with Crippen LogP contribution in [0.1, 0.15) is 20.8 Å². The lowest BCUT2D eigenvalue weighted by Gasteiger charge is -2.29. The van der Waals surface area contributed by atoms with Gasteiger partial charge in [-0.25, -0.2) is 21.6 Å². The highest BCUT2D eigenvalue weighted by Crippen LogP contribution is 2.40. The van der Waals surface area contributed by atoms with Gasteiger partial charge in [-0.1, -0.05) is 13.5 Å². The van der Waals surface area contributed by atoms with Crippen LogP contribution in [0.4, 0.5) is 26.3 Å². The zero-order valence-electron chi connectivity index (χ0n) is 13.0. The van der Waals surface area contributed by atoms with Crippen molar-refractivity contribution in [1.29, 1.82) is 0 Å². The first-order chi connectivity index (χ1) is 10.8. The van der Waals surface area contributed by atoms with Crippen molar-refractivity contribution in [1.82, 2.24) is 0 Å². The molecule has 0 aromatic carbocycles. The first-order valence-electron chi connectivity index (χ1n) is 6.25. The van der Waals surface area contributed by atoms with Crippen molar-refractivity contribution in [2.75, 3.05) is 0 Å². The van der Waals surface area contributed by atoms with E-state index in [2.05, 4.69) is 11.3 Å². The quantitative estimate of drug-likeness (QED) is 0.372. The van der Waals surface area contributed by atoms with Crippen molar-refractivity contribution in [2.24, 2.45) is 5.92 Å². The molecule has 0 aromatic heterocycles. The number of carbonyl (C=O) groups is 1. The summed E-state index contributed by atoms with van der Waals surface area (Å²) in [5.74, 6) is -3.63. The van der Waals surface area contributed by atoms with Gasteiger partial charge in [0.1, 0.15) is 6.10 Å². The molecule has 2 unspecified atom stereocenters. The van der Waals surface area contributed by atoms with Crippen molar-refractivity contribution < 1.29 is 52.7 Å². The van der Waals surface area contributed by atoms with E-state index in [4.69, 9.17) is 0 Å². The number of ether oxygens (including phenoxy) is 1. The molecule has 0 heterocycles. The summed E-state index contributed by atoms with van der Waals surface area (Å²) in [6.45, 7) is 5.46. The van der Waals surface area contributed by atoms with Gasteiger partial charge < -0.3 is 4.74 Å². The molecule has 6 nitrogen and oxygen atoms in total. The van der Waals surface area contributed by atoms with E-state index < -0.39 is 53.3 Å². The van der Waals surface area contributed by atoms with E-state index in [0.717, 1.165) is 13.8 Å². The Balaban J connectivity index is 6.29. The number of carbonyl (C=O) groups excluding carboxylic acids is 1. The summed E-state index contributed by atoms with van der Waals surface area (Å²) >= 11 is 0. The first-order valence-corrected chi connectivity index (χ1v) is 9.34. The molecule has 0 bridgehead atoms. The molecule has 0 rings (SSSR count). The second-order valence-electron chi connectivity index (χ2n) is 5.10. The third kappa shape index (κ3) is 4.86. The fraction of sp³-hybridized carbons (Fsp3) is 0.727. The summed E-state index contributed by atoms with van der Waals surface area (Å²) in [4.78, 5) is 11.3. The lowest BCUT2D eigenvalue weighted by molar-refractivity contribution is -0.145. The first kappa shape index (κ1) is 23.7. The molecule has 14 heteroatoms. The molecule has 0 aliphatic heterocycles. The van der Waals surface area contributed by atoms with E-state index in [9.17, 15) is 48.0 Å². The molecule has 0 aliphatic rings. The monoisotopic (exact) mass is 420 g/mol. The SMILES string of the molecule is C=C(C)C(=O)OC(C)C(C)C(S(=O)(=O)C(F)(F)F)S(=O)(=O)C(F)(F)F.